The van der Waals surface area contributed by atoms with Crippen LogP contribution in [-0.4, -0.2) is 26.9 Å². The minimum atomic E-state index is -4.42. The quantitative estimate of drug-likeness (QED) is 0.552. The number of benzene rings is 2. The molecule has 4 rings (SSSR count). The maximum absolute atomic E-state index is 14.7. The van der Waals surface area contributed by atoms with E-state index in [1.165, 1.54) is 18.2 Å². The molecule has 0 spiro atoms. The normalized spacial score (nSPS) is 21.2. The zero-order valence-electron chi connectivity index (χ0n) is 15.9. The van der Waals surface area contributed by atoms with Crippen LogP contribution in [-0.2, 0) is 15.5 Å². The summed E-state index contributed by atoms with van der Waals surface area (Å²) in [7, 11) is -0.695. The molecule has 2 aromatic carbocycles. The Labute approximate surface area is 165 Å². The van der Waals surface area contributed by atoms with Gasteiger partial charge in [0.2, 0.25) is 0 Å². The molecule has 0 bridgehead atoms. The molecule has 29 heavy (non-hydrogen) atoms. The minimum Gasteiger partial charge on any atom is -0.485 e. The van der Waals surface area contributed by atoms with Crippen LogP contribution >= 0.6 is 0 Å². The monoisotopic (exact) mass is 410 g/mol. The summed E-state index contributed by atoms with van der Waals surface area (Å²) >= 11 is 0. The van der Waals surface area contributed by atoms with Crippen molar-refractivity contribution >= 4 is 12.6 Å². The molecule has 1 unspecified atom stereocenters. The van der Waals surface area contributed by atoms with Crippen LogP contribution in [0.5, 0.6) is 11.5 Å². The van der Waals surface area contributed by atoms with E-state index in [9.17, 15) is 17.6 Å². The Morgan fingerprint density at radius 2 is 1.69 bits per heavy atom. The van der Waals surface area contributed by atoms with Crippen LogP contribution in [0.15, 0.2) is 36.4 Å². The van der Waals surface area contributed by atoms with Gasteiger partial charge in [-0.25, -0.2) is 4.39 Å². The molecule has 1 fully saturated rings. The first-order valence-corrected chi connectivity index (χ1v) is 9.16. The smallest absolute Gasteiger partial charge is 0.485 e. The second-order valence-corrected chi connectivity index (χ2v) is 7.99. The molecule has 1 saturated heterocycles. The molecule has 0 radical (unpaired) electrons. The van der Waals surface area contributed by atoms with E-state index < -0.39 is 30.8 Å². The highest BCUT2D eigenvalue weighted by Crippen LogP contribution is 2.39. The minimum absolute atomic E-state index is 0.0423. The molecule has 154 valence electrons. The van der Waals surface area contributed by atoms with Gasteiger partial charge in [0.05, 0.1) is 5.56 Å². The Hall–Kier alpha value is -2.26. The topological polar surface area (TPSA) is 36.9 Å². The van der Waals surface area contributed by atoms with Crippen LogP contribution in [0.25, 0.3) is 0 Å². The van der Waals surface area contributed by atoms with E-state index in [0.717, 1.165) is 12.1 Å². The van der Waals surface area contributed by atoms with Crippen LogP contribution in [0, 0.1) is 11.2 Å². The molecule has 9 heteroatoms. The molecular formula is C20H19BF4O4. The summed E-state index contributed by atoms with van der Waals surface area (Å²) in [5, 5.41) is 0. The fraction of sp³-hybridized carbons (Fsp3) is 0.400. The highest BCUT2D eigenvalue weighted by atomic mass is 19.4. The maximum Gasteiger partial charge on any atom is 0.494 e. The van der Waals surface area contributed by atoms with E-state index in [4.69, 9.17) is 18.8 Å². The largest absolute Gasteiger partial charge is 0.494 e. The van der Waals surface area contributed by atoms with Crippen LogP contribution in [0.2, 0.25) is 0 Å². The first kappa shape index (κ1) is 20.0. The molecular weight excluding hydrogens is 391 g/mol. The molecule has 0 amide bonds. The van der Waals surface area contributed by atoms with Crippen molar-refractivity contribution in [2.75, 3.05) is 19.8 Å². The average Bonchev–Trinajstić information content (AvgIpc) is 2.67. The number of alkyl halides is 3. The van der Waals surface area contributed by atoms with E-state index in [1.54, 1.807) is 6.07 Å². The third kappa shape index (κ3) is 4.21. The van der Waals surface area contributed by atoms with Gasteiger partial charge >= 0.3 is 13.3 Å². The Balaban J connectivity index is 1.52. The lowest BCUT2D eigenvalue weighted by Gasteiger charge is -2.33. The first-order valence-electron chi connectivity index (χ1n) is 9.16. The fourth-order valence-electron chi connectivity index (χ4n) is 3.22. The van der Waals surface area contributed by atoms with E-state index >= 15 is 0 Å². The zero-order valence-corrected chi connectivity index (χ0v) is 15.9. The van der Waals surface area contributed by atoms with Gasteiger partial charge in [-0.05, 0) is 35.3 Å². The van der Waals surface area contributed by atoms with Gasteiger partial charge in [-0.1, -0.05) is 26.0 Å². The second-order valence-electron chi connectivity index (χ2n) is 7.99. The van der Waals surface area contributed by atoms with Crippen LogP contribution in [0.4, 0.5) is 17.6 Å². The molecule has 2 heterocycles. The Bertz CT molecular complexity index is 889. The number of halogens is 4. The van der Waals surface area contributed by atoms with Crippen molar-refractivity contribution in [2.45, 2.75) is 26.1 Å². The molecule has 2 aliphatic heterocycles. The van der Waals surface area contributed by atoms with Gasteiger partial charge in [0.15, 0.2) is 23.4 Å². The van der Waals surface area contributed by atoms with Crippen LogP contribution in [0.3, 0.4) is 0 Å². The van der Waals surface area contributed by atoms with E-state index in [2.05, 4.69) is 0 Å². The number of rotatable bonds is 2. The summed E-state index contributed by atoms with van der Waals surface area (Å²) in [6.45, 7) is 5.01. The molecule has 0 aliphatic carbocycles. The third-order valence-corrected chi connectivity index (χ3v) is 4.82. The summed E-state index contributed by atoms with van der Waals surface area (Å²) in [6.07, 6.45) is -5.14. The highest BCUT2D eigenvalue weighted by Gasteiger charge is 2.36. The lowest BCUT2D eigenvalue weighted by atomic mass is 9.75. The van der Waals surface area contributed by atoms with Crippen molar-refractivity contribution < 1.29 is 36.3 Å². The number of ether oxygens (including phenoxy) is 2. The Morgan fingerprint density at radius 1 is 1.03 bits per heavy atom. The van der Waals surface area contributed by atoms with Crippen LogP contribution < -0.4 is 14.9 Å². The number of hydrogen-bond acceptors (Lipinski definition) is 4. The van der Waals surface area contributed by atoms with Crippen LogP contribution in [0.1, 0.15) is 31.1 Å². The van der Waals surface area contributed by atoms with Crippen molar-refractivity contribution in [3.8, 4) is 11.5 Å². The zero-order chi connectivity index (χ0) is 20.8. The summed E-state index contributed by atoms with van der Waals surface area (Å²) in [5.74, 6) is -0.521. The molecule has 4 nitrogen and oxygen atoms in total. The van der Waals surface area contributed by atoms with Gasteiger partial charge < -0.3 is 18.8 Å². The molecule has 0 N–H and O–H groups in total. The van der Waals surface area contributed by atoms with Crippen molar-refractivity contribution in [1.29, 1.82) is 0 Å². The van der Waals surface area contributed by atoms with Gasteiger partial charge in [-0.2, -0.15) is 13.2 Å². The van der Waals surface area contributed by atoms with Crippen molar-refractivity contribution in [2.24, 2.45) is 5.41 Å². The van der Waals surface area contributed by atoms with E-state index in [1.807, 2.05) is 13.8 Å². The molecule has 2 aliphatic rings. The summed E-state index contributed by atoms with van der Waals surface area (Å²) in [5.41, 5.74) is 0.0732. The third-order valence-electron chi connectivity index (χ3n) is 4.82. The lowest BCUT2D eigenvalue weighted by molar-refractivity contribution is -0.137. The van der Waals surface area contributed by atoms with Crippen molar-refractivity contribution in [1.82, 2.24) is 0 Å². The highest BCUT2D eigenvalue weighted by molar-refractivity contribution is 6.61. The SMILES string of the molecule is CC1(C)COB(c2cc(F)c3c(c2)OCC(c2ccc(C(F)(F)F)cc2)O3)OC1. The van der Waals surface area contributed by atoms with E-state index in [0.29, 0.717) is 24.2 Å². The predicted octanol–water partition coefficient (Wildman–Crippen LogP) is 4.13. The first-order chi connectivity index (χ1) is 13.6. The summed E-state index contributed by atoms with van der Waals surface area (Å²) in [6, 6.07) is 7.41. The van der Waals surface area contributed by atoms with Gasteiger partial charge in [0, 0.05) is 18.6 Å². The second kappa shape index (κ2) is 7.21. The lowest BCUT2D eigenvalue weighted by Crippen LogP contribution is -2.47. The average molecular weight is 410 g/mol. The van der Waals surface area contributed by atoms with Gasteiger partial charge in [-0.3, -0.25) is 0 Å². The van der Waals surface area contributed by atoms with Crippen molar-refractivity contribution in [3.63, 3.8) is 0 Å². The number of fused-ring (bicyclic) bond motifs is 1. The van der Waals surface area contributed by atoms with Gasteiger partial charge in [0.25, 0.3) is 0 Å². The standard InChI is InChI=1S/C20H19BF4O4/c1-19(2)10-27-21(28-11-19)14-7-15(22)18-16(8-14)26-9-17(29-18)12-3-5-13(6-4-12)20(23,24)25/h3-8,17H,9-11H2,1-2H3. The molecule has 2 aromatic rings. The summed E-state index contributed by atoms with van der Waals surface area (Å²) < 4.78 is 75.5. The van der Waals surface area contributed by atoms with Crippen molar-refractivity contribution in [3.05, 3.63) is 53.3 Å². The molecule has 0 saturated carbocycles. The fourth-order valence-corrected chi connectivity index (χ4v) is 3.22. The summed E-state index contributed by atoms with van der Waals surface area (Å²) in [4.78, 5) is 0. The van der Waals surface area contributed by atoms with Gasteiger partial charge in [0.1, 0.15) is 6.61 Å². The number of hydrogen-bond donors (Lipinski definition) is 0. The molecule has 0 aromatic heterocycles. The Morgan fingerprint density at radius 3 is 2.31 bits per heavy atom. The molecule has 1 atom stereocenters. The Kier molecular flexibility index (Phi) is 4.98. The predicted molar refractivity (Wildman–Crippen MR) is 97.8 cm³/mol. The maximum atomic E-state index is 14.7. The van der Waals surface area contributed by atoms with E-state index in [-0.39, 0.29) is 23.5 Å². The van der Waals surface area contributed by atoms with Gasteiger partial charge in [-0.15, -0.1) is 0 Å².